The highest BCUT2D eigenvalue weighted by molar-refractivity contribution is 8.00. The third-order valence-electron chi connectivity index (χ3n) is 10.6. The van der Waals surface area contributed by atoms with Crippen molar-refractivity contribution in [2.75, 3.05) is 17.2 Å². The Kier molecular flexibility index (Phi) is 8.55. The summed E-state index contributed by atoms with van der Waals surface area (Å²) >= 11 is 3.53. The molecule has 0 bridgehead atoms. The first kappa shape index (κ1) is 35.8. The number of nitrogens with zero attached hydrogens (tertiary/aromatic N) is 3. The molecule has 1 heterocycles. The first-order chi connectivity index (χ1) is 28.1. The van der Waals surface area contributed by atoms with E-state index in [2.05, 4.69) is 18.2 Å². The van der Waals surface area contributed by atoms with Crippen molar-refractivity contribution in [1.82, 2.24) is 15.0 Å². The van der Waals surface area contributed by atoms with Crippen molar-refractivity contribution in [3.8, 4) is 0 Å². The van der Waals surface area contributed by atoms with E-state index in [1.54, 1.807) is 72.8 Å². The monoisotopic (exact) mass is 812 g/mol. The van der Waals surface area contributed by atoms with Gasteiger partial charge < -0.3 is 17.2 Å². The second kappa shape index (κ2) is 13.8. The molecule has 0 radical (unpaired) electrons. The normalized spacial score (nSPS) is 13.6. The maximum absolute atomic E-state index is 13.7. The predicted molar refractivity (Wildman–Crippen MR) is 223 cm³/mol. The minimum Gasteiger partial charge on any atom is -0.398 e. The molecule has 0 spiro atoms. The lowest BCUT2D eigenvalue weighted by Crippen LogP contribution is -2.22. The van der Waals surface area contributed by atoms with Gasteiger partial charge in [-0.25, -0.2) is 0 Å². The summed E-state index contributed by atoms with van der Waals surface area (Å²) in [5, 5.41) is 0.837. The molecule has 0 atom stereocenters. The van der Waals surface area contributed by atoms with Crippen LogP contribution in [0, 0.1) is 0 Å². The highest BCUT2D eigenvalue weighted by atomic mass is 32.2. The Labute approximate surface area is 344 Å². The lowest BCUT2D eigenvalue weighted by molar-refractivity contribution is 0.0979. The van der Waals surface area contributed by atoms with E-state index in [9.17, 15) is 19.2 Å². The molecular formula is C45H28N6O4S3. The Bertz CT molecular complexity index is 2880. The van der Waals surface area contributed by atoms with Crippen LogP contribution in [0.15, 0.2) is 139 Å². The number of fused-ring (bicyclic) bond motifs is 6. The number of nitrogen functional groups attached to an aromatic ring is 3. The Balaban J connectivity index is 1.04. The van der Waals surface area contributed by atoms with Crippen LogP contribution in [0.4, 0.5) is 17.1 Å². The fraction of sp³-hybridized carbons (Fsp3) is 0.0444. The number of anilines is 3. The summed E-state index contributed by atoms with van der Waals surface area (Å²) in [6.07, 6.45) is 1.50. The predicted octanol–water partition coefficient (Wildman–Crippen LogP) is 8.12. The standard InChI is InChI=1S/C45H28N6O4S3/c46-36-30-20-22-8-2-1-7-21(22)19-23(30)13-16-31(36)56-43-49-44(57-32-17-14-28-34(37(32)47)41(54)26-11-5-3-9-24(26)39(28)52)51-45(50-43)58-33-18-15-29-35(38(33)48)42(55)27-12-6-4-10-25(27)40(29)53/h1-18H,19-20,46-48H2. The summed E-state index contributed by atoms with van der Waals surface area (Å²) in [4.78, 5) is 70.3. The average Bonchev–Trinajstić information content (AvgIpc) is 3.24. The number of carbonyl (C=O) groups excluding carboxylic acids is 4. The second-order valence-corrected chi connectivity index (χ2v) is 17.0. The van der Waals surface area contributed by atoms with Gasteiger partial charge in [0, 0.05) is 60.2 Å². The minimum atomic E-state index is -0.336. The van der Waals surface area contributed by atoms with Gasteiger partial charge in [-0.15, -0.1) is 0 Å². The molecule has 0 saturated heterocycles. The van der Waals surface area contributed by atoms with Gasteiger partial charge in [0.15, 0.2) is 38.6 Å². The van der Waals surface area contributed by atoms with Crippen LogP contribution in [-0.4, -0.2) is 38.1 Å². The molecule has 6 N–H and O–H groups in total. The van der Waals surface area contributed by atoms with Gasteiger partial charge in [-0.05, 0) is 94.3 Å². The number of nitrogens with two attached hydrogens (primary N) is 3. The average molecular weight is 813 g/mol. The van der Waals surface area contributed by atoms with Crippen molar-refractivity contribution in [3.63, 3.8) is 0 Å². The zero-order chi connectivity index (χ0) is 39.8. The highest BCUT2D eigenvalue weighted by Crippen LogP contribution is 2.43. The molecule has 0 unspecified atom stereocenters. The van der Waals surface area contributed by atoms with Crippen LogP contribution in [-0.2, 0) is 12.8 Å². The van der Waals surface area contributed by atoms with Gasteiger partial charge in [-0.1, -0.05) is 78.9 Å². The SMILES string of the molecule is Nc1c(Sc2nc(Sc3ccc4c(c3N)C(=O)c3ccccc3C4=O)nc(Sc3ccc4c(c3N)C(=O)c3ccccc3C4=O)n2)ccc2c1Cc1ccccc1C2. The third kappa shape index (κ3) is 5.80. The number of benzene rings is 6. The molecule has 3 aliphatic carbocycles. The van der Waals surface area contributed by atoms with Gasteiger partial charge in [0.2, 0.25) is 0 Å². The van der Waals surface area contributed by atoms with Crippen LogP contribution >= 0.6 is 35.3 Å². The number of rotatable bonds is 6. The molecule has 7 aromatic rings. The molecule has 3 aliphatic rings. The molecule has 0 saturated carbocycles. The third-order valence-corrected chi connectivity index (χ3v) is 13.5. The van der Waals surface area contributed by atoms with Crippen molar-refractivity contribution in [2.24, 2.45) is 0 Å². The summed E-state index contributed by atoms with van der Waals surface area (Å²) in [6, 6.07) is 32.4. The number of aromatic nitrogens is 3. The Morgan fingerprint density at radius 1 is 0.379 bits per heavy atom. The van der Waals surface area contributed by atoms with Crippen molar-refractivity contribution < 1.29 is 19.2 Å². The van der Waals surface area contributed by atoms with E-state index in [1.165, 1.54) is 28.5 Å². The number of carbonyl (C=O) groups is 4. The molecule has 6 aromatic carbocycles. The van der Waals surface area contributed by atoms with E-state index in [1.807, 2.05) is 18.2 Å². The van der Waals surface area contributed by atoms with E-state index < -0.39 is 0 Å². The molecule has 1 aromatic heterocycles. The maximum Gasteiger partial charge on any atom is 0.197 e. The van der Waals surface area contributed by atoms with Crippen molar-refractivity contribution in [2.45, 2.75) is 43.0 Å². The van der Waals surface area contributed by atoms with Crippen LogP contribution < -0.4 is 17.2 Å². The largest absolute Gasteiger partial charge is 0.398 e. The molecule has 58 heavy (non-hydrogen) atoms. The van der Waals surface area contributed by atoms with Gasteiger partial charge in [-0.3, -0.25) is 19.2 Å². The van der Waals surface area contributed by atoms with Gasteiger partial charge in [0.25, 0.3) is 0 Å². The molecule has 13 heteroatoms. The lowest BCUT2D eigenvalue weighted by atomic mass is 9.83. The molecule has 0 fully saturated rings. The topological polar surface area (TPSA) is 185 Å². The van der Waals surface area contributed by atoms with Crippen LogP contribution in [0.1, 0.15) is 85.9 Å². The highest BCUT2D eigenvalue weighted by Gasteiger charge is 2.34. The molecular weight excluding hydrogens is 785 g/mol. The van der Waals surface area contributed by atoms with Crippen molar-refractivity contribution >= 4 is 75.5 Å². The van der Waals surface area contributed by atoms with Crippen LogP contribution in [0.2, 0.25) is 0 Å². The summed E-state index contributed by atoms with van der Waals surface area (Å²) in [6.45, 7) is 0. The van der Waals surface area contributed by atoms with E-state index in [-0.39, 0.29) is 67.1 Å². The summed E-state index contributed by atoms with van der Waals surface area (Å²) < 4.78 is 0. The zero-order valence-electron chi connectivity index (χ0n) is 30.2. The number of hydrogen-bond donors (Lipinski definition) is 3. The summed E-state index contributed by atoms with van der Waals surface area (Å²) in [5.41, 5.74) is 27.9. The van der Waals surface area contributed by atoms with Gasteiger partial charge >= 0.3 is 0 Å². The second-order valence-electron chi connectivity index (χ2n) is 13.9. The minimum absolute atomic E-state index is 0.137. The van der Waals surface area contributed by atoms with Crippen molar-refractivity contribution in [3.05, 3.63) is 176 Å². The maximum atomic E-state index is 13.7. The first-order valence-corrected chi connectivity index (χ1v) is 20.6. The molecule has 10 nitrogen and oxygen atoms in total. The Morgan fingerprint density at radius 3 is 1.22 bits per heavy atom. The van der Waals surface area contributed by atoms with Gasteiger partial charge in [0.05, 0.1) is 22.5 Å². The number of ketones is 4. The zero-order valence-corrected chi connectivity index (χ0v) is 32.7. The Hall–Kier alpha value is -6.54. The van der Waals surface area contributed by atoms with E-state index in [0.29, 0.717) is 49.3 Å². The summed E-state index contributed by atoms with van der Waals surface area (Å²) in [5.74, 6) is -1.22. The van der Waals surface area contributed by atoms with E-state index in [4.69, 9.17) is 32.2 Å². The van der Waals surface area contributed by atoms with Crippen LogP contribution in [0.3, 0.4) is 0 Å². The molecule has 280 valence electrons. The lowest BCUT2D eigenvalue weighted by Gasteiger charge is -2.22. The molecule has 0 amide bonds. The van der Waals surface area contributed by atoms with Crippen LogP contribution in [0.5, 0.6) is 0 Å². The fourth-order valence-electron chi connectivity index (χ4n) is 7.77. The van der Waals surface area contributed by atoms with Crippen molar-refractivity contribution in [1.29, 1.82) is 0 Å². The van der Waals surface area contributed by atoms with Crippen LogP contribution in [0.25, 0.3) is 0 Å². The Morgan fingerprint density at radius 2 is 0.759 bits per heavy atom. The molecule has 0 aliphatic heterocycles. The van der Waals surface area contributed by atoms with E-state index >= 15 is 0 Å². The van der Waals surface area contributed by atoms with Gasteiger partial charge in [-0.2, -0.15) is 15.0 Å². The molecule has 10 rings (SSSR count). The number of hydrogen-bond acceptors (Lipinski definition) is 13. The fourth-order valence-corrected chi connectivity index (χ4v) is 10.4. The first-order valence-electron chi connectivity index (χ1n) is 18.1. The summed E-state index contributed by atoms with van der Waals surface area (Å²) in [7, 11) is 0. The van der Waals surface area contributed by atoms with Gasteiger partial charge in [0.1, 0.15) is 0 Å². The smallest absolute Gasteiger partial charge is 0.197 e. The van der Waals surface area contributed by atoms with E-state index in [0.717, 1.165) is 40.4 Å². The quantitative estimate of drug-likeness (QED) is 0.137.